The molecule has 2 aromatic rings. The van der Waals surface area contributed by atoms with Gasteiger partial charge in [-0.1, -0.05) is 31.9 Å². The molecule has 1 saturated carbocycles. The van der Waals surface area contributed by atoms with Crippen molar-refractivity contribution in [1.82, 2.24) is 15.3 Å². The van der Waals surface area contributed by atoms with Gasteiger partial charge in [-0.05, 0) is 55.8 Å². The van der Waals surface area contributed by atoms with Crippen LogP contribution in [-0.4, -0.2) is 23.1 Å². The van der Waals surface area contributed by atoms with Crippen LogP contribution < -0.4 is 5.32 Å². The predicted molar refractivity (Wildman–Crippen MR) is 86.4 cm³/mol. The zero-order valence-corrected chi connectivity index (χ0v) is 12.9. The van der Waals surface area contributed by atoms with Gasteiger partial charge < -0.3 is 10.3 Å². The number of aromatic amines is 1. The van der Waals surface area contributed by atoms with E-state index in [2.05, 4.69) is 40.4 Å². The van der Waals surface area contributed by atoms with Crippen molar-refractivity contribution < 1.29 is 0 Å². The van der Waals surface area contributed by atoms with E-state index in [9.17, 15) is 0 Å². The standard InChI is InChI=1S/C18H25N3/c1-2-9-18(13-5-3-6-14(18)11-19-10-13)15-7-4-8-16-17(15)21-12-20-16/h4,7-8,12-14,19H,2-3,5-6,9-11H2,1H3,(H,20,21). The first-order valence-electron chi connectivity index (χ1n) is 8.49. The third-order valence-corrected chi connectivity index (χ3v) is 5.96. The van der Waals surface area contributed by atoms with Gasteiger partial charge >= 0.3 is 0 Å². The van der Waals surface area contributed by atoms with Gasteiger partial charge in [0.15, 0.2) is 0 Å². The van der Waals surface area contributed by atoms with Crippen LogP contribution in [0.1, 0.15) is 44.6 Å². The van der Waals surface area contributed by atoms with Crippen LogP contribution in [0.4, 0.5) is 0 Å². The van der Waals surface area contributed by atoms with E-state index < -0.39 is 0 Å². The lowest BCUT2D eigenvalue weighted by molar-refractivity contribution is 0.0587. The van der Waals surface area contributed by atoms with Gasteiger partial charge in [-0.15, -0.1) is 0 Å². The number of hydrogen-bond acceptors (Lipinski definition) is 2. The van der Waals surface area contributed by atoms with E-state index in [0.29, 0.717) is 5.41 Å². The number of piperidine rings is 1. The Balaban J connectivity index is 1.93. The van der Waals surface area contributed by atoms with E-state index in [1.165, 1.54) is 61.8 Å². The highest BCUT2D eigenvalue weighted by molar-refractivity contribution is 5.79. The van der Waals surface area contributed by atoms with E-state index in [-0.39, 0.29) is 0 Å². The quantitative estimate of drug-likeness (QED) is 0.903. The second kappa shape index (κ2) is 5.13. The van der Waals surface area contributed by atoms with Crippen molar-refractivity contribution in [3.63, 3.8) is 0 Å². The first-order chi connectivity index (χ1) is 10.4. The van der Waals surface area contributed by atoms with Crippen LogP contribution in [0.25, 0.3) is 11.0 Å². The molecule has 0 amide bonds. The fourth-order valence-corrected chi connectivity index (χ4v) is 5.20. The molecule has 112 valence electrons. The van der Waals surface area contributed by atoms with Gasteiger partial charge in [0, 0.05) is 5.41 Å². The molecule has 2 atom stereocenters. The molecule has 2 aliphatic rings. The smallest absolute Gasteiger partial charge is 0.0931 e. The molecule has 0 radical (unpaired) electrons. The number of fused-ring (bicyclic) bond motifs is 3. The molecule has 4 rings (SSSR count). The maximum Gasteiger partial charge on any atom is 0.0931 e. The summed E-state index contributed by atoms with van der Waals surface area (Å²) >= 11 is 0. The van der Waals surface area contributed by atoms with Crippen molar-refractivity contribution in [3.05, 3.63) is 30.1 Å². The Kier molecular flexibility index (Phi) is 3.26. The average molecular weight is 283 g/mol. The van der Waals surface area contributed by atoms with Gasteiger partial charge in [0.25, 0.3) is 0 Å². The molecule has 2 N–H and O–H groups in total. The van der Waals surface area contributed by atoms with Crippen LogP contribution in [0.5, 0.6) is 0 Å². The highest BCUT2D eigenvalue weighted by Crippen LogP contribution is 2.53. The minimum absolute atomic E-state index is 0.340. The lowest BCUT2D eigenvalue weighted by atomic mass is 9.53. The summed E-state index contributed by atoms with van der Waals surface area (Å²) in [6.45, 7) is 4.69. The summed E-state index contributed by atoms with van der Waals surface area (Å²) in [4.78, 5) is 7.97. The number of rotatable bonds is 3. The summed E-state index contributed by atoms with van der Waals surface area (Å²) in [7, 11) is 0. The molecule has 1 saturated heterocycles. The SMILES string of the molecule is CCCC1(c2cccc3[nH]cnc23)C2CCCC1CNC2. The van der Waals surface area contributed by atoms with Crippen LogP contribution in [0.2, 0.25) is 0 Å². The first-order valence-corrected chi connectivity index (χ1v) is 8.49. The zero-order chi connectivity index (χ0) is 14.3. The maximum absolute atomic E-state index is 4.67. The topological polar surface area (TPSA) is 40.7 Å². The predicted octanol–water partition coefficient (Wildman–Crippen LogP) is 3.62. The first kappa shape index (κ1) is 13.3. The lowest BCUT2D eigenvalue weighted by Gasteiger charge is -2.54. The van der Waals surface area contributed by atoms with Crippen LogP contribution in [0.3, 0.4) is 0 Å². The monoisotopic (exact) mass is 283 g/mol. The maximum atomic E-state index is 4.67. The van der Waals surface area contributed by atoms with Gasteiger partial charge in [0.2, 0.25) is 0 Å². The zero-order valence-electron chi connectivity index (χ0n) is 12.9. The van der Waals surface area contributed by atoms with E-state index in [0.717, 1.165) is 11.8 Å². The number of H-pyrrole nitrogens is 1. The number of para-hydroxylation sites is 1. The minimum Gasteiger partial charge on any atom is -0.345 e. The number of hydrogen-bond donors (Lipinski definition) is 2. The van der Waals surface area contributed by atoms with Crippen molar-refractivity contribution in [2.75, 3.05) is 13.1 Å². The lowest BCUT2D eigenvalue weighted by Crippen LogP contribution is -2.56. The minimum atomic E-state index is 0.340. The summed E-state index contributed by atoms with van der Waals surface area (Å²) in [6.07, 6.45) is 8.54. The average Bonchev–Trinajstić information content (AvgIpc) is 2.95. The molecule has 1 aromatic carbocycles. The molecule has 2 unspecified atom stereocenters. The van der Waals surface area contributed by atoms with Crippen LogP contribution in [0.15, 0.2) is 24.5 Å². The Labute approximate surface area is 126 Å². The molecule has 3 nitrogen and oxygen atoms in total. The normalized spacial score (nSPS) is 32.4. The fraction of sp³-hybridized carbons (Fsp3) is 0.611. The Bertz CT molecular complexity index is 608. The van der Waals surface area contributed by atoms with Gasteiger partial charge in [-0.2, -0.15) is 0 Å². The van der Waals surface area contributed by atoms with Crippen molar-refractivity contribution in [2.24, 2.45) is 11.8 Å². The number of benzene rings is 1. The molecule has 3 heteroatoms. The second-order valence-corrected chi connectivity index (χ2v) is 6.88. The number of aromatic nitrogens is 2. The highest BCUT2D eigenvalue weighted by atomic mass is 14.9. The van der Waals surface area contributed by atoms with Crippen molar-refractivity contribution >= 4 is 11.0 Å². The molecule has 1 aliphatic heterocycles. The molecule has 2 heterocycles. The van der Waals surface area contributed by atoms with E-state index >= 15 is 0 Å². The Morgan fingerprint density at radius 1 is 1.24 bits per heavy atom. The molecule has 21 heavy (non-hydrogen) atoms. The molecular weight excluding hydrogens is 258 g/mol. The Hall–Kier alpha value is -1.35. The van der Waals surface area contributed by atoms with Gasteiger partial charge in [-0.3, -0.25) is 0 Å². The largest absolute Gasteiger partial charge is 0.345 e. The highest BCUT2D eigenvalue weighted by Gasteiger charge is 2.50. The Morgan fingerprint density at radius 3 is 2.81 bits per heavy atom. The van der Waals surface area contributed by atoms with Gasteiger partial charge in [-0.25, -0.2) is 4.98 Å². The summed E-state index contributed by atoms with van der Waals surface area (Å²) in [5.41, 5.74) is 4.26. The van der Waals surface area contributed by atoms with Crippen LogP contribution >= 0.6 is 0 Å². The van der Waals surface area contributed by atoms with Crippen molar-refractivity contribution in [1.29, 1.82) is 0 Å². The molecule has 1 aromatic heterocycles. The van der Waals surface area contributed by atoms with E-state index in [1.807, 2.05) is 6.33 Å². The van der Waals surface area contributed by atoms with Crippen molar-refractivity contribution in [2.45, 2.75) is 44.4 Å². The van der Waals surface area contributed by atoms with Gasteiger partial charge in [0.1, 0.15) is 0 Å². The number of nitrogens with zero attached hydrogens (tertiary/aromatic N) is 1. The summed E-state index contributed by atoms with van der Waals surface area (Å²) in [5.74, 6) is 1.54. The van der Waals surface area contributed by atoms with E-state index in [1.54, 1.807) is 0 Å². The fourth-order valence-electron chi connectivity index (χ4n) is 5.20. The Morgan fingerprint density at radius 2 is 2.05 bits per heavy atom. The molecule has 0 spiro atoms. The molecule has 2 fully saturated rings. The third-order valence-electron chi connectivity index (χ3n) is 5.96. The molecule has 2 bridgehead atoms. The summed E-state index contributed by atoms with van der Waals surface area (Å²) in [5, 5.41) is 3.68. The third kappa shape index (κ3) is 1.87. The molecule has 1 aliphatic carbocycles. The summed E-state index contributed by atoms with van der Waals surface area (Å²) < 4.78 is 0. The van der Waals surface area contributed by atoms with Gasteiger partial charge in [0.05, 0.1) is 17.4 Å². The van der Waals surface area contributed by atoms with E-state index in [4.69, 9.17) is 0 Å². The number of nitrogens with one attached hydrogen (secondary N) is 2. The summed E-state index contributed by atoms with van der Waals surface area (Å²) in [6, 6.07) is 6.73. The van der Waals surface area contributed by atoms with Crippen LogP contribution in [-0.2, 0) is 5.41 Å². The van der Waals surface area contributed by atoms with Crippen LogP contribution in [0, 0.1) is 11.8 Å². The number of imidazole rings is 1. The van der Waals surface area contributed by atoms with Crippen molar-refractivity contribution in [3.8, 4) is 0 Å². The second-order valence-electron chi connectivity index (χ2n) is 6.88. The molecular formula is C18H25N3.